The Morgan fingerprint density at radius 1 is 0.912 bits per heavy atom. The van der Waals surface area contributed by atoms with Crippen molar-refractivity contribution in [2.75, 3.05) is 26.0 Å². The third kappa shape index (κ3) is 6.76. The highest BCUT2D eigenvalue weighted by Gasteiger charge is 2.16. The number of anilines is 1. The summed E-state index contributed by atoms with van der Waals surface area (Å²) >= 11 is 0. The van der Waals surface area contributed by atoms with Crippen molar-refractivity contribution in [2.24, 2.45) is 0 Å². The summed E-state index contributed by atoms with van der Waals surface area (Å²) in [5.74, 6) is -0.674. The van der Waals surface area contributed by atoms with Crippen LogP contribution in [-0.4, -0.2) is 43.4 Å². The number of carbonyl (C=O) groups excluding carboxylic acids is 3. The van der Waals surface area contributed by atoms with Crippen molar-refractivity contribution >= 4 is 23.5 Å². The van der Waals surface area contributed by atoms with E-state index in [0.717, 1.165) is 11.1 Å². The van der Waals surface area contributed by atoms with Crippen LogP contribution in [0.3, 0.4) is 0 Å². The molecule has 7 heteroatoms. The minimum Gasteiger partial charge on any atom is -0.465 e. The molecule has 0 radical (unpaired) electrons. The van der Waals surface area contributed by atoms with E-state index in [1.807, 2.05) is 61.3 Å². The Balaban J connectivity index is 1.53. The number of nitrogens with one attached hydrogen (secondary N) is 2. The number of hydrogen-bond donors (Lipinski definition) is 2. The summed E-state index contributed by atoms with van der Waals surface area (Å²) in [6.07, 6.45) is 0. The molecule has 0 aliphatic rings. The summed E-state index contributed by atoms with van der Waals surface area (Å²) in [4.78, 5) is 38.4. The van der Waals surface area contributed by atoms with Crippen LogP contribution in [0.15, 0.2) is 78.9 Å². The van der Waals surface area contributed by atoms with Crippen LogP contribution < -0.4 is 10.6 Å². The lowest BCUT2D eigenvalue weighted by Gasteiger charge is -2.25. The smallest absolute Gasteiger partial charge is 0.337 e. The molecule has 3 aromatic carbocycles. The number of rotatable bonds is 9. The number of esters is 1. The maximum absolute atomic E-state index is 12.5. The average Bonchev–Trinajstić information content (AvgIpc) is 2.87. The SMILES string of the molecule is COC(=O)c1ccc(CNC(=O)CN(C)[C@@H](C)c2cccc(NC(=O)c3ccccc3)c2)cc1. The Morgan fingerprint density at radius 2 is 1.62 bits per heavy atom. The summed E-state index contributed by atoms with van der Waals surface area (Å²) < 4.78 is 4.69. The van der Waals surface area contributed by atoms with Crippen molar-refractivity contribution in [3.63, 3.8) is 0 Å². The van der Waals surface area contributed by atoms with Crippen molar-refractivity contribution in [2.45, 2.75) is 19.5 Å². The molecule has 0 saturated carbocycles. The van der Waals surface area contributed by atoms with Gasteiger partial charge in [0.25, 0.3) is 5.91 Å². The number of methoxy groups -OCH3 is 1. The van der Waals surface area contributed by atoms with Crippen LogP contribution in [0.25, 0.3) is 0 Å². The van der Waals surface area contributed by atoms with Crippen LogP contribution in [-0.2, 0) is 16.1 Å². The van der Waals surface area contributed by atoms with E-state index < -0.39 is 5.97 Å². The number of likely N-dealkylation sites (N-methyl/N-ethyl adjacent to an activating group) is 1. The Hall–Kier alpha value is -3.97. The summed E-state index contributed by atoms with van der Waals surface area (Å²) in [6.45, 7) is 2.59. The van der Waals surface area contributed by atoms with Gasteiger partial charge in [-0.05, 0) is 61.5 Å². The molecule has 0 unspecified atom stereocenters. The maximum Gasteiger partial charge on any atom is 0.337 e. The number of ether oxygens (including phenoxy) is 1. The second-order valence-electron chi connectivity index (χ2n) is 8.00. The van der Waals surface area contributed by atoms with E-state index in [0.29, 0.717) is 23.4 Å². The number of benzene rings is 3. The van der Waals surface area contributed by atoms with Crippen LogP contribution in [0, 0.1) is 0 Å². The summed E-state index contributed by atoms with van der Waals surface area (Å²) in [6, 6.07) is 23.5. The molecule has 3 rings (SSSR count). The molecule has 2 N–H and O–H groups in total. The first-order valence-corrected chi connectivity index (χ1v) is 11.0. The first kappa shape index (κ1) is 24.7. The Bertz CT molecular complexity index is 1130. The van der Waals surface area contributed by atoms with Crippen molar-refractivity contribution in [3.8, 4) is 0 Å². The molecule has 0 bridgehead atoms. The molecule has 0 fully saturated rings. The van der Waals surface area contributed by atoms with Gasteiger partial charge in [0, 0.05) is 23.8 Å². The van der Waals surface area contributed by atoms with E-state index in [1.165, 1.54) is 7.11 Å². The third-order valence-electron chi connectivity index (χ3n) is 5.58. The summed E-state index contributed by atoms with van der Waals surface area (Å²) in [7, 11) is 3.22. The highest BCUT2D eigenvalue weighted by molar-refractivity contribution is 6.04. The molecule has 0 aromatic heterocycles. The molecule has 1 atom stereocenters. The zero-order chi connectivity index (χ0) is 24.5. The van der Waals surface area contributed by atoms with E-state index in [1.54, 1.807) is 36.4 Å². The van der Waals surface area contributed by atoms with Crippen LogP contribution in [0.2, 0.25) is 0 Å². The van der Waals surface area contributed by atoms with E-state index in [-0.39, 0.29) is 24.4 Å². The van der Waals surface area contributed by atoms with Gasteiger partial charge >= 0.3 is 5.97 Å². The van der Waals surface area contributed by atoms with Gasteiger partial charge in [-0.2, -0.15) is 0 Å². The number of nitrogens with zero attached hydrogens (tertiary/aromatic N) is 1. The summed E-state index contributed by atoms with van der Waals surface area (Å²) in [5.41, 5.74) is 3.63. The second kappa shape index (κ2) is 11.8. The fourth-order valence-electron chi connectivity index (χ4n) is 3.42. The Kier molecular flexibility index (Phi) is 8.54. The lowest BCUT2D eigenvalue weighted by atomic mass is 10.1. The monoisotopic (exact) mass is 459 g/mol. The average molecular weight is 460 g/mol. The van der Waals surface area contributed by atoms with Crippen LogP contribution in [0.5, 0.6) is 0 Å². The maximum atomic E-state index is 12.5. The van der Waals surface area contributed by atoms with Gasteiger partial charge in [-0.1, -0.05) is 42.5 Å². The van der Waals surface area contributed by atoms with E-state index in [9.17, 15) is 14.4 Å². The van der Waals surface area contributed by atoms with Crippen molar-refractivity contribution in [1.29, 1.82) is 0 Å². The number of carbonyl (C=O) groups is 3. The van der Waals surface area contributed by atoms with Gasteiger partial charge in [-0.3, -0.25) is 14.5 Å². The molecule has 2 amide bonds. The largest absolute Gasteiger partial charge is 0.465 e. The second-order valence-corrected chi connectivity index (χ2v) is 8.00. The molecular formula is C27H29N3O4. The molecule has 34 heavy (non-hydrogen) atoms. The van der Waals surface area contributed by atoms with Crippen molar-refractivity contribution in [3.05, 3.63) is 101 Å². The number of amides is 2. The van der Waals surface area contributed by atoms with Gasteiger partial charge in [0.2, 0.25) is 5.91 Å². The van der Waals surface area contributed by atoms with E-state index >= 15 is 0 Å². The van der Waals surface area contributed by atoms with Crippen molar-refractivity contribution in [1.82, 2.24) is 10.2 Å². The topological polar surface area (TPSA) is 87.7 Å². The van der Waals surface area contributed by atoms with Crippen molar-refractivity contribution < 1.29 is 19.1 Å². The molecule has 176 valence electrons. The van der Waals surface area contributed by atoms with Gasteiger partial charge in [-0.15, -0.1) is 0 Å². The van der Waals surface area contributed by atoms with E-state index in [2.05, 4.69) is 15.4 Å². The van der Waals surface area contributed by atoms with Gasteiger partial charge in [0.15, 0.2) is 0 Å². The molecular weight excluding hydrogens is 430 g/mol. The van der Waals surface area contributed by atoms with Crippen LogP contribution in [0.4, 0.5) is 5.69 Å². The normalized spacial score (nSPS) is 11.5. The fourth-order valence-corrected chi connectivity index (χ4v) is 3.42. The van der Waals surface area contributed by atoms with Crippen LogP contribution >= 0.6 is 0 Å². The van der Waals surface area contributed by atoms with Gasteiger partial charge in [0.1, 0.15) is 0 Å². The lowest BCUT2D eigenvalue weighted by molar-refractivity contribution is -0.122. The predicted molar refractivity (Wildman–Crippen MR) is 132 cm³/mol. The third-order valence-corrected chi connectivity index (χ3v) is 5.58. The minimum atomic E-state index is -0.394. The number of hydrogen-bond acceptors (Lipinski definition) is 5. The molecule has 0 heterocycles. The van der Waals surface area contributed by atoms with Gasteiger partial charge < -0.3 is 15.4 Å². The first-order chi connectivity index (χ1) is 16.4. The molecule has 0 spiro atoms. The molecule has 0 aliphatic carbocycles. The molecule has 3 aromatic rings. The molecule has 0 aliphatic heterocycles. The zero-order valence-electron chi connectivity index (χ0n) is 19.6. The Morgan fingerprint density at radius 3 is 2.29 bits per heavy atom. The van der Waals surface area contributed by atoms with Gasteiger partial charge in [-0.25, -0.2) is 4.79 Å². The highest BCUT2D eigenvalue weighted by atomic mass is 16.5. The quantitative estimate of drug-likeness (QED) is 0.472. The zero-order valence-corrected chi connectivity index (χ0v) is 19.6. The highest BCUT2D eigenvalue weighted by Crippen LogP contribution is 2.22. The van der Waals surface area contributed by atoms with Crippen LogP contribution in [0.1, 0.15) is 44.8 Å². The Labute approximate surface area is 199 Å². The first-order valence-electron chi connectivity index (χ1n) is 11.0. The van der Waals surface area contributed by atoms with E-state index in [4.69, 9.17) is 0 Å². The fraction of sp³-hybridized carbons (Fsp3) is 0.222. The van der Waals surface area contributed by atoms with Gasteiger partial charge in [0.05, 0.1) is 19.2 Å². The molecule has 7 nitrogen and oxygen atoms in total. The lowest BCUT2D eigenvalue weighted by Crippen LogP contribution is -2.36. The summed E-state index contributed by atoms with van der Waals surface area (Å²) in [5, 5.41) is 5.82. The predicted octanol–water partition coefficient (Wildman–Crippen LogP) is 4.03. The molecule has 0 saturated heterocycles. The standard InChI is InChI=1S/C27H29N3O4/c1-19(23-10-7-11-24(16-23)29-26(32)21-8-5-4-6-9-21)30(2)18-25(31)28-17-20-12-14-22(15-13-20)27(33)34-3/h4-16,19H,17-18H2,1-3H3,(H,28,31)(H,29,32)/t19-/m0/s1. The minimum absolute atomic E-state index is 0.0429.